The molecule has 1 saturated heterocycles. The minimum atomic E-state index is -3.33. The largest absolute Gasteiger partial charge is 0.446 e. The fraction of sp³-hybridized carbons (Fsp3) is 0.355. The first-order valence-corrected chi connectivity index (χ1v) is 15.5. The van der Waals surface area contributed by atoms with Crippen LogP contribution in [0.25, 0.3) is 11.1 Å². The maximum Gasteiger partial charge on any atom is 0.411 e. The molecule has 0 saturated carbocycles. The predicted molar refractivity (Wildman–Crippen MR) is 162 cm³/mol. The molecule has 10 heteroatoms. The van der Waals surface area contributed by atoms with Gasteiger partial charge in [0.15, 0.2) is 0 Å². The first-order valence-electron chi connectivity index (χ1n) is 13.9. The van der Waals surface area contributed by atoms with E-state index in [2.05, 4.69) is 20.3 Å². The van der Waals surface area contributed by atoms with Crippen molar-refractivity contribution < 1.29 is 22.7 Å². The highest BCUT2D eigenvalue weighted by Gasteiger charge is 2.23. The molecule has 3 aromatic carbocycles. The van der Waals surface area contributed by atoms with Crippen LogP contribution in [0.1, 0.15) is 38.7 Å². The van der Waals surface area contributed by atoms with Crippen molar-refractivity contribution in [1.82, 2.24) is 9.62 Å². The minimum Gasteiger partial charge on any atom is -0.446 e. The lowest BCUT2D eigenvalue weighted by Gasteiger charge is -2.31. The number of rotatable bonds is 11. The molecule has 1 fully saturated rings. The summed E-state index contributed by atoms with van der Waals surface area (Å²) in [6.45, 7) is 5.56. The zero-order chi connectivity index (χ0) is 29.2. The lowest BCUT2D eigenvalue weighted by atomic mass is 10.0. The third-order valence-corrected chi connectivity index (χ3v) is 8.84. The summed E-state index contributed by atoms with van der Waals surface area (Å²) in [5.41, 5.74) is 4.13. The van der Waals surface area contributed by atoms with Gasteiger partial charge in [0, 0.05) is 43.9 Å². The van der Waals surface area contributed by atoms with Gasteiger partial charge in [0.1, 0.15) is 6.10 Å². The molecular weight excluding hydrogens is 540 g/mol. The van der Waals surface area contributed by atoms with Crippen LogP contribution in [0.5, 0.6) is 0 Å². The van der Waals surface area contributed by atoms with Crippen molar-refractivity contribution in [1.29, 1.82) is 0 Å². The third kappa shape index (κ3) is 9.14. The van der Waals surface area contributed by atoms with Gasteiger partial charge in [-0.3, -0.25) is 10.1 Å². The van der Waals surface area contributed by atoms with Gasteiger partial charge in [-0.1, -0.05) is 60.7 Å². The average Bonchev–Trinajstić information content (AvgIpc) is 2.97. The molecule has 0 bridgehead atoms. The summed E-state index contributed by atoms with van der Waals surface area (Å²) in [4.78, 5) is 27.3. The number of sulfonamides is 1. The molecule has 3 N–H and O–H groups in total. The standard InChI is InChI=1S/C31H38N4O5S/c1-23(2)41(38,39)32-22-24-12-14-26(15-13-24)33-30(36)18-21-35-19-16-27(17-20-35)40-31(37)34-29-11-7-6-10-28(29)25-8-4-3-5-9-25/h3-15,23,27,32H,16-22H2,1-2H3,(H,33,36)(H,34,37). The summed E-state index contributed by atoms with van der Waals surface area (Å²) in [5, 5.41) is 5.29. The Morgan fingerprint density at radius 3 is 2.24 bits per heavy atom. The number of amides is 2. The second-order valence-electron chi connectivity index (χ2n) is 10.4. The number of para-hydroxylation sites is 1. The van der Waals surface area contributed by atoms with Gasteiger partial charge < -0.3 is 15.0 Å². The predicted octanol–water partition coefficient (Wildman–Crippen LogP) is 5.22. The van der Waals surface area contributed by atoms with Crippen molar-refractivity contribution in [2.24, 2.45) is 0 Å². The number of hydrogen-bond donors (Lipinski definition) is 3. The number of carbonyl (C=O) groups excluding carboxylic acids is 2. The SMILES string of the molecule is CC(C)S(=O)(=O)NCc1ccc(NC(=O)CCN2CCC(OC(=O)Nc3ccccc3-c3ccccc3)CC2)cc1. The topological polar surface area (TPSA) is 117 Å². The number of piperidine rings is 1. The van der Waals surface area contributed by atoms with Gasteiger partial charge in [0.25, 0.3) is 0 Å². The number of nitrogens with one attached hydrogen (secondary N) is 3. The monoisotopic (exact) mass is 578 g/mol. The molecule has 3 aromatic rings. The first kappa shape index (κ1) is 30.2. The fourth-order valence-electron chi connectivity index (χ4n) is 4.54. The minimum absolute atomic E-state index is 0.0897. The van der Waals surface area contributed by atoms with E-state index >= 15 is 0 Å². The number of nitrogens with zero attached hydrogens (tertiary/aromatic N) is 1. The second kappa shape index (κ2) is 14.2. The highest BCUT2D eigenvalue weighted by Crippen LogP contribution is 2.28. The molecule has 0 aliphatic carbocycles. The van der Waals surface area contributed by atoms with Gasteiger partial charge in [-0.2, -0.15) is 0 Å². The average molecular weight is 579 g/mol. The highest BCUT2D eigenvalue weighted by molar-refractivity contribution is 7.90. The molecule has 1 aliphatic rings. The van der Waals surface area contributed by atoms with E-state index in [0.717, 1.165) is 29.8 Å². The molecular formula is C31H38N4O5S. The number of carbonyl (C=O) groups is 2. The summed E-state index contributed by atoms with van der Waals surface area (Å²) < 4.78 is 32.1. The fourth-order valence-corrected chi connectivity index (χ4v) is 5.24. The van der Waals surface area contributed by atoms with Gasteiger partial charge in [-0.15, -0.1) is 0 Å². The third-order valence-electron chi connectivity index (χ3n) is 7.05. The van der Waals surface area contributed by atoms with E-state index in [1.165, 1.54) is 0 Å². The van der Waals surface area contributed by atoms with Crippen molar-refractivity contribution >= 4 is 33.4 Å². The molecule has 41 heavy (non-hydrogen) atoms. The Labute approximate surface area is 242 Å². The van der Waals surface area contributed by atoms with Crippen LogP contribution in [-0.4, -0.2) is 56.3 Å². The van der Waals surface area contributed by atoms with E-state index in [9.17, 15) is 18.0 Å². The van der Waals surface area contributed by atoms with Gasteiger partial charge in [-0.05, 0) is 56.0 Å². The normalized spacial score (nSPS) is 14.5. The van der Waals surface area contributed by atoms with Gasteiger partial charge in [0.2, 0.25) is 15.9 Å². The number of likely N-dealkylation sites (tertiary alicyclic amines) is 1. The van der Waals surface area contributed by atoms with Gasteiger partial charge in [-0.25, -0.2) is 17.9 Å². The lowest BCUT2D eigenvalue weighted by Crippen LogP contribution is -2.39. The maximum absolute atomic E-state index is 12.6. The van der Waals surface area contributed by atoms with E-state index in [4.69, 9.17) is 4.74 Å². The Bertz CT molecular complexity index is 1400. The Morgan fingerprint density at radius 1 is 0.902 bits per heavy atom. The number of ether oxygens (including phenoxy) is 1. The first-order chi connectivity index (χ1) is 19.7. The van der Waals surface area contributed by atoms with Gasteiger partial charge in [0.05, 0.1) is 10.9 Å². The van der Waals surface area contributed by atoms with Crippen molar-refractivity contribution in [2.45, 2.75) is 51.0 Å². The zero-order valence-electron chi connectivity index (χ0n) is 23.5. The molecule has 1 heterocycles. The summed E-state index contributed by atoms with van der Waals surface area (Å²) in [7, 11) is -3.33. The van der Waals surface area contributed by atoms with Crippen LogP contribution in [0.2, 0.25) is 0 Å². The number of anilines is 2. The molecule has 0 radical (unpaired) electrons. The van der Waals surface area contributed by atoms with Crippen LogP contribution in [-0.2, 0) is 26.1 Å². The van der Waals surface area contributed by atoms with E-state index in [1.54, 1.807) is 38.1 Å². The second-order valence-corrected chi connectivity index (χ2v) is 12.7. The van der Waals surface area contributed by atoms with Crippen LogP contribution in [0, 0.1) is 0 Å². The summed E-state index contributed by atoms with van der Waals surface area (Å²) in [6, 6.07) is 24.7. The van der Waals surface area contributed by atoms with E-state index in [0.29, 0.717) is 37.2 Å². The molecule has 4 rings (SSSR count). The Kier molecular flexibility index (Phi) is 10.5. The molecule has 9 nitrogen and oxygen atoms in total. The zero-order valence-corrected chi connectivity index (χ0v) is 24.3. The molecule has 0 spiro atoms. The van der Waals surface area contributed by atoms with E-state index in [1.807, 2.05) is 54.6 Å². The Hall–Kier alpha value is -3.73. The van der Waals surface area contributed by atoms with Crippen LogP contribution in [0.4, 0.5) is 16.2 Å². The van der Waals surface area contributed by atoms with E-state index < -0.39 is 21.4 Å². The van der Waals surface area contributed by atoms with E-state index in [-0.39, 0.29) is 18.6 Å². The molecule has 0 aromatic heterocycles. The van der Waals surface area contributed by atoms with Crippen LogP contribution in [0.3, 0.4) is 0 Å². The van der Waals surface area contributed by atoms with Crippen LogP contribution < -0.4 is 15.4 Å². The summed E-state index contributed by atoms with van der Waals surface area (Å²) in [6.07, 6.45) is 1.12. The number of benzene rings is 3. The molecule has 218 valence electrons. The van der Waals surface area contributed by atoms with Crippen molar-refractivity contribution in [3.05, 3.63) is 84.4 Å². The molecule has 2 amide bonds. The van der Waals surface area contributed by atoms with Crippen molar-refractivity contribution in [2.75, 3.05) is 30.3 Å². The lowest BCUT2D eigenvalue weighted by molar-refractivity contribution is -0.116. The van der Waals surface area contributed by atoms with Crippen molar-refractivity contribution in [3.63, 3.8) is 0 Å². The van der Waals surface area contributed by atoms with Crippen LogP contribution in [0.15, 0.2) is 78.9 Å². The quantitative estimate of drug-likeness (QED) is 0.287. The molecule has 0 atom stereocenters. The number of hydrogen-bond acceptors (Lipinski definition) is 6. The Balaban J connectivity index is 1.16. The maximum atomic E-state index is 12.6. The summed E-state index contributed by atoms with van der Waals surface area (Å²) in [5.74, 6) is -0.0897. The molecule has 0 unspecified atom stereocenters. The molecule has 1 aliphatic heterocycles. The van der Waals surface area contributed by atoms with Crippen molar-refractivity contribution in [3.8, 4) is 11.1 Å². The smallest absolute Gasteiger partial charge is 0.411 e. The van der Waals surface area contributed by atoms with Crippen LogP contribution >= 0.6 is 0 Å². The Morgan fingerprint density at radius 2 is 1.56 bits per heavy atom. The highest BCUT2D eigenvalue weighted by atomic mass is 32.2. The van der Waals surface area contributed by atoms with Gasteiger partial charge >= 0.3 is 6.09 Å². The summed E-state index contributed by atoms with van der Waals surface area (Å²) >= 11 is 0.